The molecule has 0 radical (unpaired) electrons. The standard InChI is InChI=1S/C18H30O3/c1-3-5-7-9-11-15(17-13-19-17)21-16(18-14-20-18)12-10-8-6-4-2/h11-12,17-18H,3-10,13-14H2,1-2H3. The van der Waals surface area contributed by atoms with E-state index in [0.29, 0.717) is 0 Å². The van der Waals surface area contributed by atoms with E-state index in [1.165, 1.54) is 38.5 Å². The van der Waals surface area contributed by atoms with Gasteiger partial charge in [-0.05, 0) is 37.8 Å². The molecule has 0 saturated carbocycles. The van der Waals surface area contributed by atoms with Crippen molar-refractivity contribution in [1.29, 1.82) is 0 Å². The lowest BCUT2D eigenvalue weighted by atomic mass is 10.1. The van der Waals surface area contributed by atoms with Gasteiger partial charge in [-0.2, -0.15) is 0 Å². The summed E-state index contributed by atoms with van der Waals surface area (Å²) in [6.07, 6.45) is 14.5. The van der Waals surface area contributed by atoms with Gasteiger partial charge >= 0.3 is 0 Å². The van der Waals surface area contributed by atoms with Crippen molar-refractivity contribution < 1.29 is 14.2 Å². The van der Waals surface area contributed by atoms with E-state index in [-0.39, 0.29) is 12.2 Å². The maximum Gasteiger partial charge on any atom is 0.138 e. The smallest absolute Gasteiger partial charge is 0.138 e. The average molecular weight is 294 g/mol. The Balaban J connectivity index is 1.83. The maximum atomic E-state index is 6.13. The van der Waals surface area contributed by atoms with Gasteiger partial charge in [0.15, 0.2) is 0 Å². The Morgan fingerprint density at radius 2 is 1.29 bits per heavy atom. The number of epoxide rings is 2. The summed E-state index contributed by atoms with van der Waals surface area (Å²) >= 11 is 0. The topological polar surface area (TPSA) is 34.3 Å². The monoisotopic (exact) mass is 294 g/mol. The fourth-order valence-electron chi connectivity index (χ4n) is 2.32. The van der Waals surface area contributed by atoms with Crippen LogP contribution in [0.25, 0.3) is 0 Å². The van der Waals surface area contributed by atoms with E-state index in [1.54, 1.807) is 0 Å². The van der Waals surface area contributed by atoms with Crippen LogP contribution in [0.2, 0.25) is 0 Å². The summed E-state index contributed by atoms with van der Waals surface area (Å²) < 4.78 is 17.0. The minimum absolute atomic E-state index is 0.185. The third kappa shape index (κ3) is 6.66. The molecule has 2 aliphatic rings. The maximum absolute atomic E-state index is 6.13. The van der Waals surface area contributed by atoms with Crippen LogP contribution in [0.3, 0.4) is 0 Å². The van der Waals surface area contributed by atoms with E-state index in [2.05, 4.69) is 26.0 Å². The molecule has 2 rings (SSSR count). The van der Waals surface area contributed by atoms with Gasteiger partial charge in [0, 0.05) is 0 Å². The molecule has 0 N–H and O–H groups in total. The Hall–Kier alpha value is -0.800. The van der Waals surface area contributed by atoms with Crippen molar-refractivity contribution in [1.82, 2.24) is 0 Å². The van der Waals surface area contributed by atoms with Gasteiger partial charge in [0.2, 0.25) is 0 Å². The van der Waals surface area contributed by atoms with E-state index in [4.69, 9.17) is 14.2 Å². The zero-order valence-electron chi connectivity index (χ0n) is 13.6. The van der Waals surface area contributed by atoms with E-state index in [1.807, 2.05) is 0 Å². The van der Waals surface area contributed by atoms with Crippen LogP contribution in [-0.2, 0) is 14.2 Å². The number of allylic oxidation sites excluding steroid dienone is 2. The van der Waals surface area contributed by atoms with Crippen molar-refractivity contribution >= 4 is 0 Å². The summed E-state index contributed by atoms with van der Waals surface area (Å²) in [6, 6.07) is 0. The largest absolute Gasteiger partial charge is 0.461 e. The van der Waals surface area contributed by atoms with Crippen LogP contribution in [0.15, 0.2) is 23.7 Å². The first-order valence-electron chi connectivity index (χ1n) is 8.66. The quantitative estimate of drug-likeness (QED) is 0.296. The van der Waals surface area contributed by atoms with E-state index < -0.39 is 0 Å². The van der Waals surface area contributed by atoms with Crippen LogP contribution in [0.1, 0.15) is 65.2 Å². The molecule has 0 bridgehead atoms. The summed E-state index contributed by atoms with van der Waals surface area (Å²) in [4.78, 5) is 0. The van der Waals surface area contributed by atoms with Gasteiger partial charge in [-0.1, -0.05) is 39.5 Å². The predicted molar refractivity (Wildman–Crippen MR) is 85.0 cm³/mol. The van der Waals surface area contributed by atoms with Crippen LogP contribution < -0.4 is 0 Å². The van der Waals surface area contributed by atoms with Gasteiger partial charge in [0.25, 0.3) is 0 Å². The molecule has 0 spiro atoms. The minimum atomic E-state index is 0.185. The van der Waals surface area contributed by atoms with Gasteiger partial charge in [-0.3, -0.25) is 0 Å². The summed E-state index contributed by atoms with van der Waals surface area (Å²) in [6.45, 7) is 6.06. The van der Waals surface area contributed by atoms with E-state index in [0.717, 1.165) is 37.6 Å². The van der Waals surface area contributed by atoms with Crippen LogP contribution >= 0.6 is 0 Å². The van der Waals surface area contributed by atoms with Gasteiger partial charge in [-0.25, -0.2) is 0 Å². The van der Waals surface area contributed by atoms with Gasteiger partial charge in [0.05, 0.1) is 13.2 Å². The van der Waals surface area contributed by atoms with E-state index in [9.17, 15) is 0 Å². The molecule has 0 aromatic heterocycles. The molecule has 2 fully saturated rings. The lowest BCUT2D eigenvalue weighted by molar-refractivity contribution is 0.230. The molecule has 21 heavy (non-hydrogen) atoms. The highest BCUT2D eigenvalue weighted by molar-refractivity contribution is 5.14. The zero-order chi connectivity index (χ0) is 14.9. The molecule has 2 heterocycles. The number of ether oxygens (including phenoxy) is 3. The van der Waals surface area contributed by atoms with E-state index >= 15 is 0 Å². The summed E-state index contributed by atoms with van der Waals surface area (Å²) in [5.41, 5.74) is 0. The SMILES string of the molecule is CCCCCC=C(OC(=CCCCCC)C1CO1)C1CO1. The van der Waals surface area contributed by atoms with Crippen molar-refractivity contribution in [3.05, 3.63) is 23.7 Å². The molecule has 2 unspecified atom stereocenters. The minimum Gasteiger partial charge on any atom is -0.461 e. The van der Waals surface area contributed by atoms with Gasteiger partial charge in [0.1, 0.15) is 23.7 Å². The number of hydrogen-bond acceptors (Lipinski definition) is 3. The molecule has 3 nitrogen and oxygen atoms in total. The molecular formula is C18H30O3. The van der Waals surface area contributed by atoms with Crippen LogP contribution in [0.5, 0.6) is 0 Å². The molecular weight excluding hydrogens is 264 g/mol. The van der Waals surface area contributed by atoms with Crippen molar-refractivity contribution in [2.75, 3.05) is 13.2 Å². The highest BCUT2D eigenvalue weighted by Crippen LogP contribution is 2.29. The molecule has 3 heteroatoms. The fraction of sp³-hybridized carbons (Fsp3) is 0.778. The highest BCUT2D eigenvalue weighted by Gasteiger charge is 2.34. The summed E-state index contributed by atoms with van der Waals surface area (Å²) in [5, 5.41) is 0. The van der Waals surface area contributed by atoms with Crippen molar-refractivity contribution in [3.8, 4) is 0 Å². The second-order valence-electron chi connectivity index (χ2n) is 5.95. The zero-order valence-corrected chi connectivity index (χ0v) is 13.6. The molecule has 0 amide bonds. The molecule has 2 atom stereocenters. The summed E-state index contributed by atoms with van der Waals surface area (Å²) in [5.74, 6) is 2.01. The molecule has 120 valence electrons. The first-order valence-corrected chi connectivity index (χ1v) is 8.66. The first kappa shape index (κ1) is 16.6. The Kier molecular flexibility index (Phi) is 7.31. The molecule has 2 aliphatic heterocycles. The second-order valence-corrected chi connectivity index (χ2v) is 5.95. The second kappa shape index (κ2) is 9.26. The lowest BCUT2D eigenvalue weighted by Gasteiger charge is -2.11. The van der Waals surface area contributed by atoms with Crippen molar-refractivity contribution in [2.24, 2.45) is 0 Å². The third-order valence-electron chi connectivity index (χ3n) is 3.84. The fourth-order valence-corrected chi connectivity index (χ4v) is 2.32. The Bertz CT molecular complexity index is 317. The summed E-state index contributed by atoms with van der Waals surface area (Å²) in [7, 11) is 0. The normalized spacial score (nSPS) is 25.0. The third-order valence-corrected chi connectivity index (χ3v) is 3.84. The van der Waals surface area contributed by atoms with Crippen molar-refractivity contribution in [2.45, 2.75) is 77.4 Å². The van der Waals surface area contributed by atoms with Gasteiger partial charge < -0.3 is 14.2 Å². The Morgan fingerprint density at radius 3 is 1.62 bits per heavy atom. The molecule has 2 saturated heterocycles. The molecule has 0 aliphatic carbocycles. The molecule has 0 aromatic rings. The first-order chi connectivity index (χ1) is 10.3. The van der Waals surface area contributed by atoms with Crippen molar-refractivity contribution in [3.63, 3.8) is 0 Å². The van der Waals surface area contributed by atoms with Crippen LogP contribution in [0, 0.1) is 0 Å². The highest BCUT2D eigenvalue weighted by atomic mass is 16.6. The number of unbranched alkanes of at least 4 members (excludes halogenated alkanes) is 6. The number of rotatable bonds is 12. The lowest BCUT2D eigenvalue weighted by Crippen LogP contribution is -2.04. The average Bonchev–Trinajstić information content (AvgIpc) is 3.37. The van der Waals surface area contributed by atoms with Crippen LogP contribution in [0.4, 0.5) is 0 Å². The van der Waals surface area contributed by atoms with Gasteiger partial charge in [-0.15, -0.1) is 0 Å². The Morgan fingerprint density at radius 1 is 0.857 bits per heavy atom. The molecule has 0 aromatic carbocycles. The number of hydrogen-bond donors (Lipinski definition) is 0. The Labute approximate surface area is 129 Å². The van der Waals surface area contributed by atoms with Crippen LogP contribution in [-0.4, -0.2) is 25.4 Å². The predicted octanol–water partition coefficient (Wildman–Crippen LogP) is 4.73.